The molecule has 0 bridgehead atoms. The molecule has 1 atom stereocenters. The summed E-state index contributed by atoms with van der Waals surface area (Å²) in [4.78, 5) is 21.0. The summed E-state index contributed by atoms with van der Waals surface area (Å²) in [5, 5.41) is 2.98. The molecule has 1 N–H and O–H groups in total. The number of anilines is 1. The topological polar surface area (TPSA) is 48.5 Å². The molecular weight excluding hydrogens is 240 g/mol. The lowest BCUT2D eigenvalue weighted by molar-refractivity contribution is 0.0542. The lowest BCUT2D eigenvalue weighted by Gasteiger charge is -2.39. The molecule has 2 rings (SSSR count). The summed E-state index contributed by atoms with van der Waals surface area (Å²) in [7, 11) is 3.91. The van der Waals surface area contributed by atoms with E-state index in [4.69, 9.17) is 0 Å². The van der Waals surface area contributed by atoms with E-state index in [-0.39, 0.29) is 5.91 Å². The summed E-state index contributed by atoms with van der Waals surface area (Å²) < 4.78 is 0. The maximum atomic E-state index is 12.6. The number of nitrogens with zero attached hydrogens (tertiary/aromatic N) is 3. The van der Waals surface area contributed by atoms with Gasteiger partial charge in [0.2, 0.25) is 0 Å². The average Bonchev–Trinajstić information content (AvgIpc) is 2.47. The fraction of sp³-hybridized carbons (Fsp3) is 0.571. The van der Waals surface area contributed by atoms with Gasteiger partial charge in [0.05, 0.1) is 5.56 Å². The Kier molecular flexibility index (Phi) is 4.37. The second-order valence-corrected chi connectivity index (χ2v) is 4.94. The summed E-state index contributed by atoms with van der Waals surface area (Å²) in [5.74, 6) is 0.725. The van der Waals surface area contributed by atoms with Crippen molar-refractivity contribution in [3.05, 3.63) is 23.9 Å². The van der Waals surface area contributed by atoms with E-state index in [1.807, 2.05) is 11.0 Å². The average molecular weight is 262 g/mol. The van der Waals surface area contributed by atoms with E-state index < -0.39 is 0 Å². The van der Waals surface area contributed by atoms with Gasteiger partial charge in [0.1, 0.15) is 5.82 Å². The van der Waals surface area contributed by atoms with Crippen molar-refractivity contribution in [2.75, 3.05) is 39.0 Å². The van der Waals surface area contributed by atoms with Gasteiger partial charge in [0.25, 0.3) is 5.91 Å². The predicted octanol–water partition coefficient (Wildman–Crippen LogP) is 1.29. The van der Waals surface area contributed by atoms with E-state index in [1.54, 1.807) is 19.3 Å². The van der Waals surface area contributed by atoms with Crippen molar-refractivity contribution in [2.24, 2.45) is 0 Å². The molecule has 104 valence electrons. The molecule has 19 heavy (non-hydrogen) atoms. The molecule has 2 heterocycles. The third-order valence-electron chi connectivity index (χ3n) is 3.81. The van der Waals surface area contributed by atoms with Gasteiger partial charge in [-0.3, -0.25) is 9.69 Å². The van der Waals surface area contributed by atoms with Crippen LogP contribution in [0.2, 0.25) is 0 Å². The minimum absolute atomic E-state index is 0.0731. The van der Waals surface area contributed by atoms with Crippen LogP contribution >= 0.6 is 0 Å². The Morgan fingerprint density at radius 2 is 2.32 bits per heavy atom. The predicted molar refractivity (Wildman–Crippen MR) is 76.4 cm³/mol. The molecule has 1 fully saturated rings. The highest BCUT2D eigenvalue weighted by atomic mass is 16.2. The zero-order chi connectivity index (χ0) is 13.8. The molecule has 0 spiro atoms. The van der Waals surface area contributed by atoms with Crippen LogP contribution in [-0.4, -0.2) is 60.5 Å². The van der Waals surface area contributed by atoms with Crippen molar-refractivity contribution in [3.8, 4) is 0 Å². The molecule has 5 heteroatoms. The van der Waals surface area contributed by atoms with E-state index in [0.29, 0.717) is 17.4 Å². The fourth-order valence-corrected chi connectivity index (χ4v) is 2.52. The minimum Gasteiger partial charge on any atom is -0.372 e. The van der Waals surface area contributed by atoms with Gasteiger partial charge in [-0.15, -0.1) is 0 Å². The van der Waals surface area contributed by atoms with Crippen LogP contribution in [0.3, 0.4) is 0 Å². The Morgan fingerprint density at radius 1 is 1.53 bits per heavy atom. The van der Waals surface area contributed by atoms with E-state index in [9.17, 15) is 4.79 Å². The van der Waals surface area contributed by atoms with Gasteiger partial charge in [-0.1, -0.05) is 6.92 Å². The highest BCUT2D eigenvalue weighted by Gasteiger charge is 2.27. The number of rotatable bonds is 3. The van der Waals surface area contributed by atoms with Gasteiger partial charge < -0.3 is 10.2 Å². The number of aromatic nitrogens is 1. The largest absolute Gasteiger partial charge is 0.372 e. The maximum Gasteiger partial charge on any atom is 0.257 e. The SMILES string of the molecule is CCC1CN(C(=O)c2cccnc2NC)CCN1C. The molecule has 1 aliphatic heterocycles. The summed E-state index contributed by atoms with van der Waals surface area (Å²) >= 11 is 0. The third kappa shape index (κ3) is 2.87. The molecule has 1 unspecified atom stereocenters. The highest BCUT2D eigenvalue weighted by molar-refractivity contribution is 5.98. The van der Waals surface area contributed by atoms with Crippen LogP contribution < -0.4 is 5.32 Å². The van der Waals surface area contributed by atoms with Crippen LogP contribution in [-0.2, 0) is 0 Å². The molecular formula is C14H22N4O. The van der Waals surface area contributed by atoms with Crippen LogP contribution in [0.4, 0.5) is 5.82 Å². The molecule has 0 aliphatic carbocycles. The number of carbonyl (C=O) groups is 1. The van der Waals surface area contributed by atoms with Crippen molar-refractivity contribution >= 4 is 11.7 Å². The van der Waals surface area contributed by atoms with E-state index >= 15 is 0 Å². The summed E-state index contributed by atoms with van der Waals surface area (Å²) in [6.45, 7) is 4.67. The Bertz CT molecular complexity index is 449. The fourth-order valence-electron chi connectivity index (χ4n) is 2.52. The second-order valence-electron chi connectivity index (χ2n) is 4.94. The van der Waals surface area contributed by atoms with Gasteiger partial charge in [-0.25, -0.2) is 4.98 Å². The molecule has 1 aliphatic rings. The standard InChI is InChI=1S/C14H22N4O/c1-4-11-10-18(9-8-17(11)3)14(19)12-6-5-7-16-13(12)15-2/h5-7,11H,4,8-10H2,1-3H3,(H,15,16). The Balaban J connectivity index is 2.15. The number of hydrogen-bond donors (Lipinski definition) is 1. The highest BCUT2D eigenvalue weighted by Crippen LogP contribution is 2.17. The second kappa shape index (κ2) is 6.02. The number of hydrogen-bond acceptors (Lipinski definition) is 4. The van der Waals surface area contributed by atoms with Crippen molar-refractivity contribution in [1.82, 2.24) is 14.8 Å². The first-order chi connectivity index (χ1) is 9.17. The zero-order valence-electron chi connectivity index (χ0n) is 11.9. The monoisotopic (exact) mass is 262 g/mol. The van der Waals surface area contributed by atoms with E-state index in [0.717, 1.165) is 26.1 Å². The lowest BCUT2D eigenvalue weighted by Crippen LogP contribution is -2.53. The minimum atomic E-state index is 0.0731. The number of amides is 1. The summed E-state index contributed by atoms with van der Waals surface area (Å²) in [6.07, 6.45) is 2.76. The summed E-state index contributed by atoms with van der Waals surface area (Å²) in [6, 6.07) is 4.09. The number of piperazine rings is 1. The first-order valence-electron chi connectivity index (χ1n) is 6.79. The van der Waals surface area contributed by atoms with Crippen molar-refractivity contribution in [3.63, 3.8) is 0 Å². The van der Waals surface area contributed by atoms with Crippen LogP contribution in [0.25, 0.3) is 0 Å². The first-order valence-corrected chi connectivity index (χ1v) is 6.79. The van der Waals surface area contributed by atoms with Crippen molar-refractivity contribution in [2.45, 2.75) is 19.4 Å². The number of carbonyl (C=O) groups excluding carboxylic acids is 1. The molecule has 5 nitrogen and oxygen atoms in total. The molecule has 1 saturated heterocycles. The van der Waals surface area contributed by atoms with E-state index in [2.05, 4.69) is 29.2 Å². The Labute approximate surface area is 114 Å². The molecule has 1 aromatic heterocycles. The van der Waals surface area contributed by atoms with E-state index in [1.165, 1.54) is 0 Å². The first kappa shape index (κ1) is 13.8. The van der Waals surface area contributed by atoms with Crippen LogP contribution in [0, 0.1) is 0 Å². The number of nitrogens with one attached hydrogen (secondary N) is 1. The van der Waals surface area contributed by atoms with Crippen LogP contribution in [0.15, 0.2) is 18.3 Å². The van der Waals surface area contributed by atoms with Crippen molar-refractivity contribution < 1.29 is 4.79 Å². The lowest BCUT2D eigenvalue weighted by atomic mass is 10.1. The number of likely N-dealkylation sites (N-methyl/N-ethyl adjacent to an activating group) is 1. The molecule has 1 amide bonds. The van der Waals surface area contributed by atoms with Crippen LogP contribution in [0.1, 0.15) is 23.7 Å². The molecule has 1 aromatic rings. The quantitative estimate of drug-likeness (QED) is 0.891. The third-order valence-corrected chi connectivity index (χ3v) is 3.81. The smallest absolute Gasteiger partial charge is 0.257 e. The van der Waals surface area contributed by atoms with Crippen molar-refractivity contribution in [1.29, 1.82) is 0 Å². The van der Waals surface area contributed by atoms with Gasteiger partial charge in [-0.2, -0.15) is 0 Å². The van der Waals surface area contributed by atoms with Crippen LogP contribution in [0.5, 0.6) is 0 Å². The van der Waals surface area contributed by atoms with Gasteiger partial charge >= 0.3 is 0 Å². The van der Waals surface area contributed by atoms with Gasteiger partial charge in [0, 0.05) is 38.9 Å². The van der Waals surface area contributed by atoms with Gasteiger partial charge in [0.15, 0.2) is 0 Å². The molecule has 0 radical (unpaired) electrons. The normalized spacial score (nSPS) is 20.4. The number of pyridine rings is 1. The Hall–Kier alpha value is -1.62. The Morgan fingerprint density at radius 3 is 3.00 bits per heavy atom. The maximum absolute atomic E-state index is 12.6. The summed E-state index contributed by atoms with van der Waals surface area (Å²) in [5.41, 5.74) is 0.657. The molecule has 0 aromatic carbocycles. The van der Waals surface area contributed by atoms with Gasteiger partial charge in [-0.05, 0) is 25.6 Å². The zero-order valence-corrected chi connectivity index (χ0v) is 11.9. The molecule has 0 saturated carbocycles.